The van der Waals surface area contributed by atoms with E-state index in [0.717, 1.165) is 18.4 Å². The van der Waals surface area contributed by atoms with Crippen LogP contribution in [-0.2, 0) is 11.3 Å². The largest absolute Gasteiger partial charge is 0.334 e. The fourth-order valence-corrected chi connectivity index (χ4v) is 3.50. The summed E-state index contributed by atoms with van der Waals surface area (Å²) >= 11 is 0. The number of carbonyl (C=O) groups is 1. The van der Waals surface area contributed by atoms with Crippen molar-refractivity contribution in [1.82, 2.24) is 4.90 Å². The van der Waals surface area contributed by atoms with Gasteiger partial charge in [0.05, 0.1) is 0 Å². The number of rotatable bonds is 5. The van der Waals surface area contributed by atoms with E-state index in [-0.39, 0.29) is 17.6 Å². The van der Waals surface area contributed by atoms with Crippen molar-refractivity contribution in [1.29, 1.82) is 0 Å². The maximum absolute atomic E-state index is 13.0. The van der Waals surface area contributed by atoms with Crippen molar-refractivity contribution in [3.05, 3.63) is 60.5 Å². The van der Waals surface area contributed by atoms with Crippen LogP contribution in [0.5, 0.6) is 0 Å². The summed E-state index contributed by atoms with van der Waals surface area (Å²) in [6.45, 7) is 4.80. The molecule has 1 saturated carbocycles. The second-order valence-electron chi connectivity index (χ2n) is 6.02. The predicted octanol–water partition coefficient (Wildman–Crippen LogP) is 3.55. The molecule has 2 aliphatic rings. The molecule has 1 aromatic carbocycles. The summed E-state index contributed by atoms with van der Waals surface area (Å²) in [6, 6.07) is 6.34. The number of halogens is 1. The van der Waals surface area contributed by atoms with Crippen LogP contribution in [0.3, 0.4) is 0 Å². The van der Waals surface area contributed by atoms with Gasteiger partial charge in [0.15, 0.2) is 0 Å². The zero-order chi connectivity index (χ0) is 14.8. The number of carbonyl (C=O) groups excluding carboxylic acids is 1. The quantitative estimate of drug-likeness (QED) is 0.758. The van der Waals surface area contributed by atoms with Crippen molar-refractivity contribution in [3.8, 4) is 0 Å². The molecule has 0 aromatic heterocycles. The van der Waals surface area contributed by atoms with E-state index < -0.39 is 0 Å². The summed E-state index contributed by atoms with van der Waals surface area (Å²) in [4.78, 5) is 14.6. The monoisotopic (exact) mass is 285 g/mol. The Morgan fingerprint density at radius 2 is 2.05 bits per heavy atom. The number of amides is 1. The van der Waals surface area contributed by atoms with E-state index in [1.807, 2.05) is 4.90 Å². The summed E-state index contributed by atoms with van der Waals surface area (Å²) in [6.07, 6.45) is 8.28. The highest BCUT2D eigenvalue weighted by atomic mass is 19.1. The number of nitrogens with zero attached hydrogens (tertiary/aromatic N) is 1. The van der Waals surface area contributed by atoms with E-state index in [1.54, 1.807) is 18.2 Å². The van der Waals surface area contributed by atoms with Gasteiger partial charge in [-0.2, -0.15) is 0 Å². The Morgan fingerprint density at radius 3 is 2.62 bits per heavy atom. The Balaban J connectivity index is 1.71. The third kappa shape index (κ3) is 2.92. The standard InChI is InChI=1S/C18H20FNO/c1-2-9-20(12-13-4-7-16(19)8-5-13)18(21)17-11-14-3-6-15(17)10-14/h2-8,14-15,17H,1,9-12H2/t14-,15+,17-/m1/s1. The normalized spacial score (nSPS) is 26.0. The second kappa shape index (κ2) is 5.84. The molecular formula is C18H20FNO. The number of allylic oxidation sites excluding steroid dienone is 2. The van der Waals surface area contributed by atoms with Crippen LogP contribution in [0.2, 0.25) is 0 Å². The lowest BCUT2D eigenvalue weighted by atomic mass is 9.92. The number of fused-ring (bicyclic) bond motifs is 2. The van der Waals surface area contributed by atoms with Gasteiger partial charge >= 0.3 is 0 Å². The van der Waals surface area contributed by atoms with Gasteiger partial charge in [-0.05, 0) is 42.4 Å². The van der Waals surface area contributed by atoms with Crippen molar-refractivity contribution >= 4 is 5.91 Å². The minimum absolute atomic E-state index is 0.111. The Hall–Kier alpha value is -1.90. The molecule has 0 aliphatic heterocycles. The molecule has 1 amide bonds. The maximum atomic E-state index is 13.0. The summed E-state index contributed by atoms with van der Waals surface area (Å²) in [5, 5.41) is 0. The van der Waals surface area contributed by atoms with Gasteiger partial charge in [-0.25, -0.2) is 4.39 Å². The fourth-order valence-electron chi connectivity index (χ4n) is 3.50. The van der Waals surface area contributed by atoms with E-state index in [4.69, 9.17) is 0 Å². The summed E-state index contributed by atoms with van der Waals surface area (Å²) < 4.78 is 13.0. The van der Waals surface area contributed by atoms with Crippen molar-refractivity contribution in [3.63, 3.8) is 0 Å². The zero-order valence-corrected chi connectivity index (χ0v) is 12.0. The van der Waals surface area contributed by atoms with Crippen molar-refractivity contribution < 1.29 is 9.18 Å². The van der Waals surface area contributed by atoms with Crippen LogP contribution in [0.15, 0.2) is 49.1 Å². The molecule has 0 spiro atoms. The Labute approximate surface area is 125 Å². The van der Waals surface area contributed by atoms with Crippen molar-refractivity contribution in [2.45, 2.75) is 19.4 Å². The molecule has 3 rings (SSSR count). The van der Waals surface area contributed by atoms with Crippen LogP contribution in [0, 0.1) is 23.6 Å². The molecule has 3 heteroatoms. The van der Waals surface area contributed by atoms with Gasteiger partial charge in [0.25, 0.3) is 0 Å². The maximum Gasteiger partial charge on any atom is 0.226 e. The van der Waals surface area contributed by atoms with Gasteiger partial charge in [-0.3, -0.25) is 4.79 Å². The number of hydrogen-bond donors (Lipinski definition) is 0. The highest BCUT2D eigenvalue weighted by Gasteiger charge is 2.41. The van der Waals surface area contributed by atoms with Gasteiger partial charge in [0.1, 0.15) is 5.82 Å². The Kier molecular flexibility index (Phi) is 3.91. The molecule has 1 aromatic rings. The average molecular weight is 285 g/mol. The molecule has 1 fully saturated rings. The molecule has 0 heterocycles. The van der Waals surface area contributed by atoms with Crippen LogP contribution in [0.25, 0.3) is 0 Å². The summed E-state index contributed by atoms with van der Waals surface area (Å²) in [7, 11) is 0. The third-order valence-electron chi connectivity index (χ3n) is 4.54. The first-order chi connectivity index (χ1) is 10.2. The molecule has 3 atom stereocenters. The lowest BCUT2D eigenvalue weighted by molar-refractivity contribution is -0.136. The molecule has 21 heavy (non-hydrogen) atoms. The predicted molar refractivity (Wildman–Crippen MR) is 80.9 cm³/mol. The van der Waals surface area contributed by atoms with Crippen LogP contribution in [0.4, 0.5) is 4.39 Å². The van der Waals surface area contributed by atoms with Crippen LogP contribution in [-0.4, -0.2) is 17.4 Å². The Bertz CT molecular complexity index is 563. The molecule has 0 N–H and O–H groups in total. The Morgan fingerprint density at radius 1 is 1.29 bits per heavy atom. The molecule has 2 bridgehead atoms. The van der Waals surface area contributed by atoms with E-state index in [2.05, 4.69) is 18.7 Å². The SMILES string of the molecule is C=CCN(Cc1ccc(F)cc1)C(=O)[C@@H]1C[C@@H]2C=C[C@H]1C2. The summed E-state index contributed by atoms with van der Waals surface area (Å²) in [5.74, 6) is 1.05. The topological polar surface area (TPSA) is 20.3 Å². The molecule has 0 radical (unpaired) electrons. The highest BCUT2D eigenvalue weighted by molar-refractivity contribution is 5.80. The van der Waals surface area contributed by atoms with E-state index in [0.29, 0.717) is 24.9 Å². The number of hydrogen-bond acceptors (Lipinski definition) is 1. The van der Waals surface area contributed by atoms with Crippen LogP contribution < -0.4 is 0 Å². The first-order valence-electron chi connectivity index (χ1n) is 7.50. The van der Waals surface area contributed by atoms with Gasteiger partial charge < -0.3 is 4.90 Å². The first-order valence-corrected chi connectivity index (χ1v) is 7.50. The van der Waals surface area contributed by atoms with Crippen LogP contribution >= 0.6 is 0 Å². The zero-order valence-electron chi connectivity index (χ0n) is 12.0. The van der Waals surface area contributed by atoms with Gasteiger partial charge in [-0.1, -0.05) is 30.4 Å². The minimum atomic E-state index is -0.251. The minimum Gasteiger partial charge on any atom is -0.334 e. The third-order valence-corrected chi connectivity index (χ3v) is 4.54. The van der Waals surface area contributed by atoms with E-state index >= 15 is 0 Å². The molecule has 2 nitrogen and oxygen atoms in total. The van der Waals surface area contributed by atoms with Gasteiger partial charge in [0, 0.05) is 19.0 Å². The molecule has 2 aliphatic carbocycles. The van der Waals surface area contributed by atoms with Gasteiger partial charge in [-0.15, -0.1) is 6.58 Å². The molecule has 0 unspecified atom stereocenters. The fraction of sp³-hybridized carbons (Fsp3) is 0.389. The molecule has 0 saturated heterocycles. The summed E-state index contributed by atoms with van der Waals surface area (Å²) in [5.41, 5.74) is 0.949. The lowest BCUT2D eigenvalue weighted by Crippen LogP contribution is -2.37. The van der Waals surface area contributed by atoms with Crippen molar-refractivity contribution in [2.75, 3.05) is 6.54 Å². The second-order valence-corrected chi connectivity index (χ2v) is 6.02. The van der Waals surface area contributed by atoms with Gasteiger partial charge in [0.2, 0.25) is 5.91 Å². The average Bonchev–Trinajstić information content (AvgIpc) is 3.11. The lowest BCUT2D eigenvalue weighted by Gasteiger charge is -2.27. The molecular weight excluding hydrogens is 265 g/mol. The highest BCUT2D eigenvalue weighted by Crippen LogP contribution is 2.44. The molecule has 110 valence electrons. The number of benzene rings is 1. The van der Waals surface area contributed by atoms with E-state index in [1.165, 1.54) is 12.1 Å². The van der Waals surface area contributed by atoms with Crippen molar-refractivity contribution in [2.24, 2.45) is 17.8 Å². The smallest absolute Gasteiger partial charge is 0.226 e. The van der Waals surface area contributed by atoms with E-state index in [9.17, 15) is 9.18 Å². The van der Waals surface area contributed by atoms with Crippen LogP contribution in [0.1, 0.15) is 18.4 Å². The first kappa shape index (κ1) is 14.1.